The number of para-hydroxylation sites is 1. The summed E-state index contributed by atoms with van der Waals surface area (Å²) in [6, 6.07) is 7.61. The Labute approximate surface area is 127 Å². The zero-order valence-corrected chi connectivity index (χ0v) is 12.3. The van der Waals surface area contributed by atoms with E-state index < -0.39 is 0 Å². The maximum absolute atomic E-state index is 12.6. The van der Waals surface area contributed by atoms with E-state index in [4.69, 9.17) is 14.0 Å². The highest BCUT2D eigenvalue weighted by molar-refractivity contribution is 5.86. The number of morpholine rings is 1. The molecular formula is C16H18N2O4. The summed E-state index contributed by atoms with van der Waals surface area (Å²) in [5, 5.41) is 4.95. The maximum Gasteiger partial charge on any atom is 0.228 e. The van der Waals surface area contributed by atoms with Crippen molar-refractivity contribution in [1.82, 2.24) is 10.1 Å². The molecule has 1 aromatic carbocycles. The number of hydrogen-bond donors (Lipinski definition) is 0. The van der Waals surface area contributed by atoms with Crippen LogP contribution in [0.1, 0.15) is 12.1 Å². The van der Waals surface area contributed by atoms with Crippen LogP contribution in [0.4, 0.5) is 0 Å². The second kappa shape index (κ2) is 5.37. The number of amides is 1. The van der Waals surface area contributed by atoms with Gasteiger partial charge in [-0.1, -0.05) is 17.3 Å². The standard InChI is InChI=1S/C16H18N2O4/c19-15(9-13-12-3-1-2-4-14(12)22-17-13)18-6-8-21-16(10-18)5-7-20-11-16/h1-4H,5-11H2. The Morgan fingerprint density at radius 2 is 2.23 bits per heavy atom. The van der Waals surface area contributed by atoms with Crippen LogP contribution in [0.25, 0.3) is 11.0 Å². The van der Waals surface area contributed by atoms with E-state index in [1.54, 1.807) is 0 Å². The van der Waals surface area contributed by atoms with Crippen molar-refractivity contribution in [3.05, 3.63) is 30.0 Å². The van der Waals surface area contributed by atoms with Crippen LogP contribution in [-0.4, -0.2) is 54.5 Å². The van der Waals surface area contributed by atoms with E-state index >= 15 is 0 Å². The predicted octanol–water partition coefficient (Wildman–Crippen LogP) is 1.39. The van der Waals surface area contributed by atoms with Gasteiger partial charge in [0.1, 0.15) is 11.3 Å². The Hall–Kier alpha value is -1.92. The monoisotopic (exact) mass is 302 g/mol. The fraction of sp³-hybridized carbons (Fsp3) is 0.500. The molecule has 2 aliphatic heterocycles. The quantitative estimate of drug-likeness (QED) is 0.839. The molecule has 0 saturated carbocycles. The zero-order chi connectivity index (χ0) is 15.0. The number of rotatable bonds is 2. The van der Waals surface area contributed by atoms with Crippen LogP contribution >= 0.6 is 0 Å². The minimum Gasteiger partial charge on any atom is -0.378 e. The topological polar surface area (TPSA) is 64.8 Å². The van der Waals surface area contributed by atoms with Gasteiger partial charge in [-0.3, -0.25) is 4.79 Å². The van der Waals surface area contributed by atoms with Gasteiger partial charge in [-0.2, -0.15) is 0 Å². The van der Waals surface area contributed by atoms with E-state index in [0.29, 0.717) is 44.2 Å². The molecule has 116 valence electrons. The smallest absolute Gasteiger partial charge is 0.228 e. The highest BCUT2D eigenvalue weighted by atomic mass is 16.6. The van der Waals surface area contributed by atoms with E-state index in [2.05, 4.69) is 5.16 Å². The van der Waals surface area contributed by atoms with E-state index in [-0.39, 0.29) is 17.9 Å². The van der Waals surface area contributed by atoms with Gasteiger partial charge in [-0.15, -0.1) is 0 Å². The highest BCUT2D eigenvalue weighted by Crippen LogP contribution is 2.28. The van der Waals surface area contributed by atoms with Gasteiger partial charge >= 0.3 is 0 Å². The van der Waals surface area contributed by atoms with Crippen LogP contribution in [-0.2, 0) is 20.7 Å². The Morgan fingerprint density at radius 3 is 3.09 bits per heavy atom. The average molecular weight is 302 g/mol. The number of carbonyl (C=O) groups excluding carboxylic acids is 1. The van der Waals surface area contributed by atoms with Crippen LogP contribution in [0.2, 0.25) is 0 Å². The molecular weight excluding hydrogens is 284 g/mol. The molecule has 0 radical (unpaired) electrons. The largest absolute Gasteiger partial charge is 0.378 e. The summed E-state index contributed by atoms with van der Waals surface area (Å²) in [6.45, 7) is 3.06. The Morgan fingerprint density at radius 1 is 1.32 bits per heavy atom. The lowest BCUT2D eigenvalue weighted by Crippen LogP contribution is -2.54. The van der Waals surface area contributed by atoms with E-state index in [1.165, 1.54) is 0 Å². The third-order valence-corrected chi connectivity index (χ3v) is 4.44. The number of hydrogen-bond acceptors (Lipinski definition) is 5. The molecule has 4 rings (SSSR count). The van der Waals surface area contributed by atoms with Crippen LogP contribution in [0.5, 0.6) is 0 Å². The van der Waals surface area contributed by atoms with Crippen LogP contribution < -0.4 is 0 Å². The summed E-state index contributed by atoms with van der Waals surface area (Å²) in [5.74, 6) is 0.0635. The lowest BCUT2D eigenvalue weighted by Gasteiger charge is -2.39. The Balaban J connectivity index is 1.50. The van der Waals surface area contributed by atoms with Gasteiger partial charge in [0.05, 0.1) is 26.2 Å². The second-order valence-corrected chi connectivity index (χ2v) is 5.95. The van der Waals surface area contributed by atoms with Crippen molar-refractivity contribution in [3.8, 4) is 0 Å². The summed E-state index contributed by atoms with van der Waals surface area (Å²) >= 11 is 0. The number of aromatic nitrogens is 1. The third-order valence-electron chi connectivity index (χ3n) is 4.44. The lowest BCUT2D eigenvalue weighted by atomic mass is 10.0. The molecule has 1 amide bonds. The first-order valence-corrected chi connectivity index (χ1v) is 7.59. The molecule has 2 saturated heterocycles. The Kier molecular flexibility index (Phi) is 3.35. The van der Waals surface area contributed by atoms with Crippen molar-refractivity contribution in [2.75, 3.05) is 32.9 Å². The van der Waals surface area contributed by atoms with Gasteiger partial charge in [0.25, 0.3) is 0 Å². The molecule has 1 unspecified atom stereocenters. The highest BCUT2D eigenvalue weighted by Gasteiger charge is 2.41. The summed E-state index contributed by atoms with van der Waals surface area (Å²) in [7, 11) is 0. The van der Waals surface area contributed by atoms with Crippen molar-refractivity contribution in [2.45, 2.75) is 18.4 Å². The molecule has 22 heavy (non-hydrogen) atoms. The van der Waals surface area contributed by atoms with Crippen molar-refractivity contribution < 1.29 is 18.8 Å². The normalized spacial score (nSPS) is 25.2. The molecule has 1 atom stereocenters. The van der Waals surface area contributed by atoms with Gasteiger partial charge in [0.15, 0.2) is 5.58 Å². The number of carbonyl (C=O) groups is 1. The summed E-state index contributed by atoms with van der Waals surface area (Å²) in [6.07, 6.45) is 1.11. The number of nitrogens with zero attached hydrogens (tertiary/aromatic N) is 2. The first kappa shape index (κ1) is 13.7. The van der Waals surface area contributed by atoms with Gasteiger partial charge in [-0.05, 0) is 12.1 Å². The average Bonchev–Trinajstić information content (AvgIpc) is 3.15. The fourth-order valence-corrected chi connectivity index (χ4v) is 3.21. The number of ether oxygens (including phenoxy) is 2. The van der Waals surface area contributed by atoms with E-state index in [0.717, 1.165) is 11.8 Å². The van der Waals surface area contributed by atoms with Crippen molar-refractivity contribution in [3.63, 3.8) is 0 Å². The SMILES string of the molecule is O=C(Cc1noc2ccccc12)N1CCOC2(CCOC2)C1. The summed E-state index contributed by atoms with van der Waals surface area (Å²) < 4.78 is 16.6. The third kappa shape index (κ3) is 2.38. The van der Waals surface area contributed by atoms with Crippen LogP contribution in [0.15, 0.2) is 28.8 Å². The molecule has 0 N–H and O–H groups in total. The molecule has 3 heterocycles. The zero-order valence-electron chi connectivity index (χ0n) is 12.3. The number of fused-ring (bicyclic) bond motifs is 1. The van der Waals surface area contributed by atoms with Gasteiger partial charge in [-0.25, -0.2) is 0 Å². The Bertz CT molecular complexity index is 690. The molecule has 6 heteroatoms. The molecule has 0 bridgehead atoms. The maximum atomic E-state index is 12.6. The molecule has 2 aromatic rings. The predicted molar refractivity (Wildman–Crippen MR) is 78.4 cm³/mol. The molecule has 2 fully saturated rings. The summed E-state index contributed by atoms with van der Waals surface area (Å²) in [4.78, 5) is 14.5. The van der Waals surface area contributed by atoms with Crippen molar-refractivity contribution >= 4 is 16.9 Å². The lowest BCUT2D eigenvalue weighted by molar-refractivity contribution is -0.149. The molecule has 1 aromatic heterocycles. The van der Waals surface area contributed by atoms with Gasteiger partial charge in [0, 0.05) is 25.0 Å². The second-order valence-electron chi connectivity index (χ2n) is 5.95. The molecule has 0 aliphatic carbocycles. The molecule has 1 spiro atoms. The summed E-state index contributed by atoms with van der Waals surface area (Å²) in [5.41, 5.74) is 1.11. The molecule has 2 aliphatic rings. The minimum atomic E-state index is -0.306. The van der Waals surface area contributed by atoms with Crippen molar-refractivity contribution in [2.24, 2.45) is 0 Å². The number of benzene rings is 1. The minimum absolute atomic E-state index is 0.0635. The van der Waals surface area contributed by atoms with Gasteiger partial charge < -0.3 is 18.9 Å². The first-order chi connectivity index (χ1) is 10.8. The molecule has 6 nitrogen and oxygen atoms in total. The van der Waals surface area contributed by atoms with E-state index in [1.807, 2.05) is 29.2 Å². The van der Waals surface area contributed by atoms with Crippen molar-refractivity contribution in [1.29, 1.82) is 0 Å². The van der Waals surface area contributed by atoms with Crippen LogP contribution in [0, 0.1) is 0 Å². The van der Waals surface area contributed by atoms with Gasteiger partial charge in [0.2, 0.25) is 5.91 Å². The fourth-order valence-electron chi connectivity index (χ4n) is 3.21. The van der Waals surface area contributed by atoms with Crippen LogP contribution in [0.3, 0.4) is 0 Å². The first-order valence-electron chi connectivity index (χ1n) is 7.59. The van der Waals surface area contributed by atoms with E-state index in [9.17, 15) is 4.79 Å².